The van der Waals surface area contributed by atoms with Crippen LogP contribution in [0.3, 0.4) is 0 Å². The smallest absolute Gasteiger partial charge is 0.0417 e. The Hall–Kier alpha value is -0.530. The van der Waals surface area contributed by atoms with Crippen LogP contribution in [0.25, 0.3) is 0 Å². The molecule has 0 radical (unpaired) electrons. The molecule has 0 saturated heterocycles. The fourth-order valence-corrected chi connectivity index (χ4v) is 1.77. The minimum atomic E-state index is -0.885. The van der Waals surface area contributed by atoms with Gasteiger partial charge in [-0.05, 0) is 31.1 Å². The van der Waals surface area contributed by atoms with E-state index in [0.29, 0.717) is 5.92 Å². The van der Waals surface area contributed by atoms with Gasteiger partial charge in [-0.3, -0.25) is 0 Å². The summed E-state index contributed by atoms with van der Waals surface area (Å²) in [7, 11) is 0. The van der Waals surface area contributed by atoms with Crippen molar-refractivity contribution in [3.8, 4) is 0 Å². The van der Waals surface area contributed by atoms with Gasteiger partial charge in [-0.1, -0.05) is 19.8 Å². The van der Waals surface area contributed by atoms with E-state index in [9.17, 15) is 9.90 Å². The van der Waals surface area contributed by atoms with Crippen LogP contribution in [0.15, 0.2) is 0 Å². The summed E-state index contributed by atoms with van der Waals surface area (Å²) < 4.78 is 0. The first-order valence-electron chi connectivity index (χ1n) is 4.38. The van der Waals surface area contributed by atoms with Gasteiger partial charge in [0.1, 0.15) is 0 Å². The molecule has 0 bridgehead atoms. The third kappa shape index (κ3) is 2.91. The molecule has 0 aromatic heterocycles. The molecule has 1 fully saturated rings. The Balaban J connectivity index is 2.22. The van der Waals surface area contributed by atoms with Crippen LogP contribution in [0.1, 0.15) is 39.0 Å². The van der Waals surface area contributed by atoms with Crippen molar-refractivity contribution in [1.82, 2.24) is 0 Å². The third-order valence-electron chi connectivity index (χ3n) is 2.59. The molecule has 0 aromatic carbocycles. The van der Waals surface area contributed by atoms with Gasteiger partial charge in [-0.2, -0.15) is 0 Å². The number of hydrogen-bond acceptors (Lipinski definition) is 2. The summed E-state index contributed by atoms with van der Waals surface area (Å²) in [6, 6.07) is 0. The zero-order valence-corrected chi connectivity index (χ0v) is 7.01. The van der Waals surface area contributed by atoms with Gasteiger partial charge in [-0.15, -0.1) is 0 Å². The van der Waals surface area contributed by atoms with Crippen molar-refractivity contribution < 1.29 is 9.90 Å². The first-order chi connectivity index (χ1) is 5.18. The van der Waals surface area contributed by atoms with E-state index in [4.69, 9.17) is 0 Å². The Morgan fingerprint density at radius 3 is 2.36 bits per heavy atom. The lowest BCUT2D eigenvalue weighted by molar-refractivity contribution is -0.307. The number of carbonyl (C=O) groups excluding carboxylic acids is 1. The number of carbonyl (C=O) groups is 1. The highest BCUT2D eigenvalue weighted by Crippen LogP contribution is 2.29. The van der Waals surface area contributed by atoms with E-state index in [-0.39, 0.29) is 6.42 Å². The van der Waals surface area contributed by atoms with Gasteiger partial charge in [0.2, 0.25) is 0 Å². The topological polar surface area (TPSA) is 40.1 Å². The highest BCUT2D eigenvalue weighted by molar-refractivity contribution is 5.64. The zero-order chi connectivity index (χ0) is 8.27. The molecule has 0 amide bonds. The van der Waals surface area contributed by atoms with Gasteiger partial charge < -0.3 is 9.90 Å². The summed E-state index contributed by atoms with van der Waals surface area (Å²) in [6.45, 7) is 2.23. The van der Waals surface area contributed by atoms with E-state index < -0.39 is 5.97 Å². The lowest BCUT2D eigenvalue weighted by Gasteiger charge is -2.26. The third-order valence-corrected chi connectivity index (χ3v) is 2.59. The largest absolute Gasteiger partial charge is 0.550 e. The Morgan fingerprint density at radius 1 is 1.36 bits per heavy atom. The van der Waals surface area contributed by atoms with E-state index in [1.807, 2.05) is 0 Å². The molecule has 0 aliphatic heterocycles. The van der Waals surface area contributed by atoms with Crippen LogP contribution in [0.5, 0.6) is 0 Å². The predicted molar refractivity (Wildman–Crippen MR) is 40.7 cm³/mol. The van der Waals surface area contributed by atoms with Crippen LogP contribution < -0.4 is 5.11 Å². The number of carboxylic acids is 1. The number of carboxylic acid groups (broad SMARTS) is 1. The summed E-state index contributed by atoms with van der Waals surface area (Å²) in [4.78, 5) is 10.2. The van der Waals surface area contributed by atoms with Crippen molar-refractivity contribution in [2.24, 2.45) is 11.8 Å². The Kier molecular flexibility index (Phi) is 2.92. The number of hydrogen-bond donors (Lipinski definition) is 0. The average Bonchev–Trinajstić information content (AvgIpc) is 1.93. The molecule has 2 nitrogen and oxygen atoms in total. The molecule has 2 heteroatoms. The van der Waals surface area contributed by atoms with E-state index in [1.54, 1.807) is 0 Å². The molecular formula is C9H15O2-. The van der Waals surface area contributed by atoms with Crippen molar-refractivity contribution >= 4 is 5.97 Å². The minimum Gasteiger partial charge on any atom is -0.550 e. The van der Waals surface area contributed by atoms with Gasteiger partial charge in [0.25, 0.3) is 0 Å². The van der Waals surface area contributed by atoms with Gasteiger partial charge in [0.15, 0.2) is 0 Å². The fraction of sp³-hybridized carbons (Fsp3) is 0.889. The zero-order valence-electron chi connectivity index (χ0n) is 7.01. The van der Waals surface area contributed by atoms with Crippen LogP contribution in [-0.2, 0) is 4.79 Å². The molecule has 0 spiro atoms. The summed E-state index contributed by atoms with van der Waals surface area (Å²) in [6.07, 6.45) is 4.81. The number of aliphatic carboxylic acids is 1. The van der Waals surface area contributed by atoms with Crippen molar-refractivity contribution in [2.75, 3.05) is 0 Å². The van der Waals surface area contributed by atoms with E-state index in [0.717, 1.165) is 18.8 Å². The Morgan fingerprint density at radius 2 is 1.91 bits per heavy atom. The van der Waals surface area contributed by atoms with E-state index in [2.05, 4.69) is 6.92 Å². The highest BCUT2D eigenvalue weighted by Gasteiger charge is 2.17. The second kappa shape index (κ2) is 3.74. The minimum absolute atomic E-state index is 0.271. The molecule has 0 N–H and O–H groups in total. The van der Waals surface area contributed by atoms with Gasteiger partial charge in [-0.25, -0.2) is 0 Å². The van der Waals surface area contributed by atoms with Crippen molar-refractivity contribution in [3.63, 3.8) is 0 Å². The first-order valence-corrected chi connectivity index (χ1v) is 4.38. The molecule has 64 valence electrons. The lowest BCUT2D eigenvalue weighted by atomic mass is 9.81. The van der Waals surface area contributed by atoms with E-state index in [1.165, 1.54) is 12.8 Å². The van der Waals surface area contributed by atoms with Crippen LogP contribution in [-0.4, -0.2) is 5.97 Å². The van der Waals surface area contributed by atoms with Crippen LogP contribution in [0.2, 0.25) is 0 Å². The maximum absolute atomic E-state index is 10.2. The maximum atomic E-state index is 10.2. The molecule has 0 atom stereocenters. The van der Waals surface area contributed by atoms with Crippen LogP contribution >= 0.6 is 0 Å². The molecule has 1 saturated carbocycles. The number of rotatable bonds is 2. The van der Waals surface area contributed by atoms with Crippen molar-refractivity contribution in [2.45, 2.75) is 39.0 Å². The van der Waals surface area contributed by atoms with Crippen LogP contribution in [0, 0.1) is 11.8 Å². The quantitative estimate of drug-likeness (QED) is 0.595. The molecule has 1 aliphatic rings. The lowest BCUT2D eigenvalue weighted by Crippen LogP contribution is -2.26. The summed E-state index contributed by atoms with van der Waals surface area (Å²) in [5, 5.41) is 10.2. The molecule has 11 heavy (non-hydrogen) atoms. The maximum Gasteiger partial charge on any atom is 0.0417 e. The predicted octanol–water partition coefficient (Wildman–Crippen LogP) is 0.953. The highest BCUT2D eigenvalue weighted by atomic mass is 16.4. The van der Waals surface area contributed by atoms with Gasteiger partial charge >= 0.3 is 0 Å². The second-order valence-electron chi connectivity index (χ2n) is 3.70. The molecule has 0 heterocycles. The molecule has 1 aliphatic carbocycles. The molecule has 0 unspecified atom stereocenters. The van der Waals surface area contributed by atoms with Crippen molar-refractivity contribution in [3.05, 3.63) is 0 Å². The molecule has 1 rings (SSSR count). The molecular weight excluding hydrogens is 140 g/mol. The van der Waals surface area contributed by atoms with Gasteiger partial charge in [0.05, 0.1) is 0 Å². The van der Waals surface area contributed by atoms with Crippen molar-refractivity contribution in [1.29, 1.82) is 0 Å². The Bertz CT molecular complexity index is 134. The standard InChI is InChI=1S/C9H16O2/c1-7-2-4-8(5-3-7)6-9(10)11/h7-8H,2-6H2,1H3,(H,10,11)/p-1. The van der Waals surface area contributed by atoms with E-state index >= 15 is 0 Å². The average molecular weight is 155 g/mol. The first kappa shape index (κ1) is 8.57. The normalized spacial score (nSPS) is 31.7. The van der Waals surface area contributed by atoms with Crippen LogP contribution in [0.4, 0.5) is 0 Å². The molecule has 0 aromatic rings. The summed E-state index contributed by atoms with van der Waals surface area (Å²) >= 11 is 0. The fourth-order valence-electron chi connectivity index (χ4n) is 1.77. The SMILES string of the molecule is CC1CCC(CC(=O)[O-])CC1. The summed E-state index contributed by atoms with van der Waals surface area (Å²) in [5.41, 5.74) is 0. The second-order valence-corrected chi connectivity index (χ2v) is 3.70. The monoisotopic (exact) mass is 155 g/mol. The van der Waals surface area contributed by atoms with Gasteiger partial charge in [0, 0.05) is 5.97 Å². The summed E-state index contributed by atoms with van der Waals surface area (Å²) in [5.74, 6) is 0.314. The Labute approximate surface area is 67.6 Å².